The molecule has 1 saturated heterocycles. The molecule has 3 atom stereocenters. The first kappa shape index (κ1) is 32.1. The number of benzene rings is 2. The van der Waals surface area contributed by atoms with Crippen LogP contribution in [0.1, 0.15) is 19.2 Å². The Bertz CT molecular complexity index is 2240. The van der Waals surface area contributed by atoms with Gasteiger partial charge >= 0.3 is 6.01 Å². The molecule has 0 aliphatic carbocycles. The average molecular weight is 695 g/mol. The van der Waals surface area contributed by atoms with Crippen LogP contribution in [0.2, 0.25) is 0 Å². The first-order chi connectivity index (χ1) is 24.3. The number of rotatable bonds is 5. The number of ether oxygens (including phenoxy) is 2. The monoisotopic (exact) mass is 694 g/mol. The molecule has 1 amide bonds. The van der Waals surface area contributed by atoms with E-state index in [2.05, 4.69) is 24.6 Å². The number of anilines is 1. The zero-order chi connectivity index (χ0) is 34.5. The largest absolute Gasteiger partial charge is 0.458 e. The third kappa shape index (κ3) is 5.59. The van der Waals surface area contributed by atoms with Crippen LogP contribution in [0.15, 0.2) is 66.1 Å². The minimum atomic E-state index is -0.617. The second-order valence-corrected chi connectivity index (χ2v) is 13.3. The maximum Gasteiger partial charge on any atom is 0.317 e. The van der Waals surface area contributed by atoms with Crippen molar-refractivity contribution in [1.82, 2.24) is 44.2 Å². The van der Waals surface area contributed by atoms with Crippen molar-refractivity contribution in [2.24, 2.45) is 0 Å². The van der Waals surface area contributed by atoms with Crippen LogP contribution >= 0.6 is 11.8 Å². The number of para-hydroxylation sites is 1. The van der Waals surface area contributed by atoms with Gasteiger partial charge in [-0.25, -0.2) is 29.0 Å². The first-order valence-corrected chi connectivity index (χ1v) is 17.7. The maximum atomic E-state index is 14.5. The topological polar surface area (TPSA) is 129 Å². The number of halogens is 1. The van der Waals surface area contributed by atoms with Gasteiger partial charge in [-0.2, -0.15) is 10.1 Å². The summed E-state index contributed by atoms with van der Waals surface area (Å²) in [6, 6.07) is 12.0. The van der Waals surface area contributed by atoms with Crippen molar-refractivity contribution in [3.8, 4) is 23.0 Å². The van der Waals surface area contributed by atoms with Gasteiger partial charge in [-0.15, -0.1) is 11.8 Å². The molecule has 4 aromatic heterocycles. The summed E-state index contributed by atoms with van der Waals surface area (Å²) in [5, 5.41) is 5.30. The fourth-order valence-electron chi connectivity index (χ4n) is 7.10. The van der Waals surface area contributed by atoms with Crippen LogP contribution in [-0.2, 0) is 16.1 Å². The molecule has 15 heteroatoms. The molecule has 2 aliphatic heterocycles. The van der Waals surface area contributed by atoms with E-state index in [4.69, 9.17) is 19.4 Å². The Hall–Kier alpha value is -5.15. The van der Waals surface area contributed by atoms with Gasteiger partial charge in [-0.3, -0.25) is 4.79 Å². The van der Waals surface area contributed by atoms with Gasteiger partial charge in [-0.1, -0.05) is 12.1 Å². The van der Waals surface area contributed by atoms with Crippen molar-refractivity contribution in [2.75, 3.05) is 37.9 Å². The van der Waals surface area contributed by atoms with E-state index in [9.17, 15) is 9.18 Å². The summed E-state index contributed by atoms with van der Waals surface area (Å²) in [6.45, 7) is 5.61. The van der Waals surface area contributed by atoms with Gasteiger partial charge < -0.3 is 23.8 Å². The summed E-state index contributed by atoms with van der Waals surface area (Å²) in [5.74, 6) is 0.961. The maximum absolute atomic E-state index is 14.5. The molecule has 1 fully saturated rings. The van der Waals surface area contributed by atoms with Gasteiger partial charge in [0, 0.05) is 43.3 Å². The highest BCUT2D eigenvalue weighted by molar-refractivity contribution is 7.98. The standard InChI is InChI=1S/C35H35FN10O3S/c1-5-48-23-16-43(3)34(47)29-14-22(49-35-37-12-11-26(42-35)24-7-6-8-27-31(24)44(18-23)20(2)41-27)17-45(29)32-25-15-40-46(33(25)39-19-38-32)28-10-9-21(36)13-30(28)50-4/h6-13,15,19,22-23,29H,5,14,16-18H2,1-4H3/t22-,23-,29-/m0/s1. The molecule has 0 saturated carbocycles. The Kier molecular flexibility index (Phi) is 8.31. The van der Waals surface area contributed by atoms with E-state index in [0.717, 1.165) is 22.4 Å². The van der Waals surface area contributed by atoms with E-state index in [1.807, 2.05) is 49.3 Å². The minimum absolute atomic E-state index is 0.0967. The number of hydrogen-bond donors (Lipinski definition) is 0. The van der Waals surface area contributed by atoms with Gasteiger partial charge in [0.1, 0.15) is 35.9 Å². The van der Waals surface area contributed by atoms with Crippen molar-refractivity contribution < 1.29 is 18.7 Å². The van der Waals surface area contributed by atoms with Crippen molar-refractivity contribution in [2.45, 2.75) is 50.0 Å². The molecule has 256 valence electrons. The fraction of sp³-hybridized carbons (Fsp3) is 0.343. The summed E-state index contributed by atoms with van der Waals surface area (Å²) in [6.07, 6.45) is 6.37. The molecule has 0 N–H and O–H groups in total. The Labute approximate surface area is 291 Å². The smallest absolute Gasteiger partial charge is 0.317 e. The summed E-state index contributed by atoms with van der Waals surface area (Å²) in [5.41, 5.74) is 4.64. The Morgan fingerprint density at radius 3 is 2.80 bits per heavy atom. The van der Waals surface area contributed by atoms with Crippen LogP contribution in [0.25, 0.3) is 39.0 Å². The van der Waals surface area contributed by atoms with Crippen molar-refractivity contribution in [3.63, 3.8) is 0 Å². The zero-order valence-electron chi connectivity index (χ0n) is 28.0. The van der Waals surface area contributed by atoms with Gasteiger partial charge in [0.15, 0.2) is 5.65 Å². The molecule has 8 rings (SSSR count). The van der Waals surface area contributed by atoms with E-state index >= 15 is 0 Å². The van der Waals surface area contributed by atoms with Crippen LogP contribution in [0.5, 0.6) is 6.01 Å². The molecule has 2 aliphatic rings. The van der Waals surface area contributed by atoms with E-state index in [0.29, 0.717) is 65.8 Å². The van der Waals surface area contributed by atoms with E-state index in [1.165, 1.54) is 30.2 Å². The van der Waals surface area contributed by atoms with Crippen molar-refractivity contribution in [3.05, 3.63) is 72.8 Å². The van der Waals surface area contributed by atoms with Crippen LogP contribution < -0.4 is 9.64 Å². The molecule has 6 heterocycles. The fourth-order valence-corrected chi connectivity index (χ4v) is 7.69. The van der Waals surface area contributed by atoms with Gasteiger partial charge in [0.05, 0.1) is 53.2 Å². The van der Waals surface area contributed by atoms with Crippen LogP contribution in [0, 0.1) is 12.7 Å². The predicted molar refractivity (Wildman–Crippen MR) is 187 cm³/mol. The number of aromatic nitrogens is 8. The minimum Gasteiger partial charge on any atom is -0.458 e. The lowest BCUT2D eigenvalue weighted by atomic mass is 10.1. The van der Waals surface area contributed by atoms with Gasteiger partial charge in [0.2, 0.25) is 5.91 Å². The Balaban J connectivity index is 1.22. The van der Waals surface area contributed by atoms with E-state index in [-0.39, 0.29) is 23.8 Å². The second kappa shape index (κ2) is 12.9. The first-order valence-electron chi connectivity index (χ1n) is 16.4. The van der Waals surface area contributed by atoms with E-state index in [1.54, 1.807) is 35.1 Å². The molecule has 13 nitrogen and oxygen atoms in total. The number of fused-ring (bicyclic) bond motifs is 6. The summed E-state index contributed by atoms with van der Waals surface area (Å²) >= 11 is 1.42. The summed E-state index contributed by atoms with van der Waals surface area (Å²) in [7, 11) is 1.81. The molecule has 4 bridgehead atoms. The summed E-state index contributed by atoms with van der Waals surface area (Å²) in [4.78, 5) is 42.3. The molecule has 0 radical (unpaired) electrons. The summed E-state index contributed by atoms with van der Waals surface area (Å²) < 4.78 is 30.6. The quantitative estimate of drug-likeness (QED) is 0.233. The number of thioether (sulfide) groups is 1. The lowest BCUT2D eigenvalue weighted by Crippen LogP contribution is -2.47. The second-order valence-electron chi connectivity index (χ2n) is 12.4. The number of carbonyl (C=O) groups is 1. The van der Waals surface area contributed by atoms with Crippen LogP contribution in [0.4, 0.5) is 10.2 Å². The Morgan fingerprint density at radius 1 is 1.08 bits per heavy atom. The molecule has 6 aromatic rings. The van der Waals surface area contributed by atoms with Gasteiger partial charge in [-0.05, 0) is 50.4 Å². The lowest BCUT2D eigenvalue weighted by molar-refractivity contribution is -0.133. The third-order valence-electron chi connectivity index (χ3n) is 9.32. The van der Waals surface area contributed by atoms with Crippen LogP contribution in [-0.4, -0.2) is 101 Å². The number of aryl methyl sites for hydroxylation is 1. The average Bonchev–Trinajstić information content (AvgIpc) is 3.83. The zero-order valence-corrected chi connectivity index (χ0v) is 28.8. The molecule has 2 aromatic carbocycles. The van der Waals surface area contributed by atoms with E-state index < -0.39 is 12.1 Å². The number of likely N-dealkylation sites (N-methyl/N-ethyl adjacent to an activating group) is 1. The molecular weight excluding hydrogens is 660 g/mol. The number of amides is 1. The van der Waals surface area contributed by atoms with Crippen molar-refractivity contribution >= 4 is 45.6 Å². The normalized spacial score (nSPS) is 19.5. The van der Waals surface area contributed by atoms with Crippen molar-refractivity contribution in [1.29, 1.82) is 0 Å². The SMILES string of the molecule is CCO[C@H]1CN(C)C(=O)[C@@H]2C[C@@H](CN2c2ncnc3c2cnn3-c2ccc(F)cc2SC)Oc2nccc(n2)-c2cccc3nc(C)n(c23)C1. The highest BCUT2D eigenvalue weighted by atomic mass is 32.2. The number of imidazole rings is 1. The number of hydrogen-bond acceptors (Lipinski definition) is 11. The predicted octanol–water partition coefficient (Wildman–Crippen LogP) is 4.70. The molecule has 0 spiro atoms. The third-order valence-corrected chi connectivity index (χ3v) is 10.1. The number of nitrogens with zero attached hydrogens (tertiary/aromatic N) is 10. The molecule has 0 unspecified atom stereocenters. The Morgan fingerprint density at radius 2 is 1.96 bits per heavy atom. The van der Waals surface area contributed by atoms with Crippen LogP contribution in [0.3, 0.4) is 0 Å². The van der Waals surface area contributed by atoms with Gasteiger partial charge in [0.25, 0.3) is 0 Å². The molecular formula is C35H35FN10O3S. The molecule has 50 heavy (non-hydrogen) atoms. The lowest BCUT2D eigenvalue weighted by Gasteiger charge is -2.31. The highest BCUT2D eigenvalue weighted by Gasteiger charge is 2.42. The number of carbonyl (C=O) groups excluding carboxylic acids is 1. The highest BCUT2D eigenvalue weighted by Crippen LogP contribution is 2.35.